The zero-order valence-electron chi connectivity index (χ0n) is 12.5. The summed E-state index contributed by atoms with van der Waals surface area (Å²) in [6.07, 6.45) is 0. The Morgan fingerprint density at radius 2 is 1.90 bits per heavy atom. The third kappa shape index (κ3) is 3.05. The lowest BCUT2D eigenvalue weighted by molar-refractivity contribution is 0.585. The molecule has 0 aliphatic heterocycles. The van der Waals surface area contributed by atoms with Crippen molar-refractivity contribution in [2.45, 2.75) is 19.9 Å². The van der Waals surface area contributed by atoms with Crippen LogP contribution in [-0.4, -0.2) is 12.9 Å². The second-order valence-corrected chi connectivity index (χ2v) is 5.22. The van der Waals surface area contributed by atoms with E-state index in [1.807, 2.05) is 50.1 Å². The van der Waals surface area contributed by atoms with E-state index in [0.717, 1.165) is 16.8 Å². The van der Waals surface area contributed by atoms with Gasteiger partial charge in [-0.1, -0.05) is 18.2 Å². The van der Waals surface area contributed by atoms with Gasteiger partial charge in [0.2, 0.25) is 0 Å². The van der Waals surface area contributed by atoms with Crippen LogP contribution in [0.5, 0.6) is 0 Å². The molecule has 3 N–H and O–H groups in total. The molecular weight excluding hydrogens is 265 g/mol. The van der Waals surface area contributed by atoms with Gasteiger partial charge in [-0.15, -0.1) is 0 Å². The molecule has 1 unspecified atom stereocenters. The molecule has 1 atom stereocenters. The highest BCUT2D eigenvalue weighted by molar-refractivity contribution is 5.96. The first kappa shape index (κ1) is 15.0. The van der Waals surface area contributed by atoms with Gasteiger partial charge in [0.25, 0.3) is 0 Å². The average molecular weight is 285 g/mol. The molecular formula is C17H20FN3. The highest BCUT2D eigenvalue weighted by Crippen LogP contribution is 2.28. The fourth-order valence-corrected chi connectivity index (χ4v) is 2.42. The van der Waals surface area contributed by atoms with Gasteiger partial charge < -0.3 is 10.6 Å². The number of nitrogens with two attached hydrogens (primary N) is 1. The number of hydrogen-bond acceptors (Lipinski definition) is 2. The normalized spacial score (nSPS) is 12.0. The molecule has 0 saturated carbocycles. The van der Waals surface area contributed by atoms with Crippen molar-refractivity contribution in [1.29, 1.82) is 5.41 Å². The van der Waals surface area contributed by atoms with Crippen LogP contribution in [0.2, 0.25) is 0 Å². The zero-order chi connectivity index (χ0) is 15.6. The number of aryl methyl sites for hydroxylation is 1. The number of amidine groups is 1. The van der Waals surface area contributed by atoms with Crippen molar-refractivity contribution in [3.8, 4) is 0 Å². The van der Waals surface area contributed by atoms with Crippen molar-refractivity contribution in [3.05, 3.63) is 65.0 Å². The van der Waals surface area contributed by atoms with Crippen molar-refractivity contribution in [1.82, 2.24) is 0 Å². The number of benzene rings is 2. The monoisotopic (exact) mass is 285 g/mol. The zero-order valence-corrected chi connectivity index (χ0v) is 12.5. The van der Waals surface area contributed by atoms with Crippen LogP contribution in [0.3, 0.4) is 0 Å². The van der Waals surface area contributed by atoms with E-state index in [4.69, 9.17) is 11.1 Å². The van der Waals surface area contributed by atoms with Crippen molar-refractivity contribution < 1.29 is 4.39 Å². The second kappa shape index (κ2) is 5.95. The number of anilines is 1. The van der Waals surface area contributed by atoms with E-state index in [-0.39, 0.29) is 17.7 Å². The van der Waals surface area contributed by atoms with Crippen LogP contribution in [0, 0.1) is 18.2 Å². The van der Waals surface area contributed by atoms with Crippen molar-refractivity contribution >= 4 is 11.5 Å². The molecule has 0 amide bonds. The van der Waals surface area contributed by atoms with Crippen LogP contribution in [0.1, 0.15) is 29.7 Å². The van der Waals surface area contributed by atoms with E-state index in [1.54, 1.807) is 12.1 Å². The number of rotatable bonds is 4. The summed E-state index contributed by atoms with van der Waals surface area (Å²) >= 11 is 0. The Hall–Kier alpha value is -2.36. The molecule has 0 spiro atoms. The Bertz CT molecular complexity index is 667. The van der Waals surface area contributed by atoms with Crippen molar-refractivity contribution in [2.24, 2.45) is 5.73 Å². The fraction of sp³-hybridized carbons (Fsp3) is 0.235. The fourth-order valence-electron chi connectivity index (χ4n) is 2.42. The Balaban J connectivity index is 2.32. The summed E-state index contributed by atoms with van der Waals surface area (Å²) in [7, 11) is 1.93. The summed E-state index contributed by atoms with van der Waals surface area (Å²) in [4.78, 5) is 2.01. The lowest BCUT2D eigenvalue weighted by atomic mass is 10.0. The smallest absolute Gasteiger partial charge is 0.128 e. The molecule has 110 valence electrons. The molecule has 0 aliphatic rings. The number of hydrogen-bond donors (Lipinski definition) is 2. The Labute approximate surface area is 124 Å². The molecule has 2 rings (SSSR count). The molecule has 0 heterocycles. The molecule has 4 heteroatoms. The predicted molar refractivity (Wildman–Crippen MR) is 85.4 cm³/mol. The lowest BCUT2D eigenvalue weighted by Crippen LogP contribution is -2.23. The minimum Gasteiger partial charge on any atom is -0.384 e. The molecule has 0 fully saturated rings. The third-order valence-corrected chi connectivity index (χ3v) is 3.84. The Morgan fingerprint density at radius 3 is 2.48 bits per heavy atom. The molecule has 0 bridgehead atoms. The summed E-state index contributed by atoms with van der Waals surface area (Å²) in [5, 5.41) is 7.52. The quantitative estimate of drug-likeness (QED) is 0.666. The largest absolute Gasteiger partial charge is 0.384 e. The van der Waals surface area contributed by atoms with Gasteiger partial charge in [-0.05, 0) is 43.7 Å². The van der Waals surface area contributed by atoms with E-state index in [1.165, 1.54) is 6.07 Å². The first-order chi connectivity index (χ1) is 9.91. The summed E-state index contributed by atoms with van der Waals surface area (Å²) in [5.74, 6) is -0.141. The lowest BCUT2D eigenvalue weighted by Gasteiger charge is -2.28. The van der Waals surface area contributed by atoms with Gasteiger partial charge in [-0.2, -0.15) is 0 Å². The second-order valence-electron chi connectivity index (χ2n) is 5.22. The molecule has 2 aromatic rings. The van der Waals surface area contributed by atoms with Gasteiger partial charge in [-0.25, -0.2) is 4.39 Å². The first-order valence-electron chi connectivity index (χ1n) is 6.84. The Kier molecular flexibility index (Phi) is 4.26. The third-order valence-electron chi connectivity index (χ3n) is 3.84. The molecule has 0 aliphatic carbocycles. The van der Waals surface area contributed by atoms with Gasteiger partial charge in [0, 0.05) is 23.9 Å². The van der Waals surface area contributed by atoms with Crippen molar-refractivity contribution in [3.63, 3.8) is 0 Å². The van der Waals surface area contributed by atoms with Crippen LogP contribution in [0.15, 0.2) is 42.5 Å². The predicted octanol–water partition coefficient (Wildman–Crippen LogP) is 3.62. The SMILES string of the molecule is Cc1cc(N(C)C(C)c2ccccc2F)ccc1C(=N)N. The molecule has 3 nitrogen and oxygen atoms in total. The minimum atomic E-state index is -0.200. The van der Waals surface area contributed by atoms with Crippen molar-refractivity contribution in [2.75, 3.05) is 11.9 Å². The maximum absolute atomic E-state index is 13.9. The van der Waals surface area contributed by atoms with E-state index in [0.29, 0.717) is 5.56 Å². The number of nitrogens with zero attached hydrogens (tertiary/aromatic N) is 1. The van der Waals surface area contributed by atoms with Crippen LogP contribution in [0.25, 0.3) is 0 Å². The number of halogens is 1. The summed E-state index contributed by atoms with van der Waals surface area (Å²) < 4.78 is 13.9. The summed E-state index contributed by atoms with van der Waals surface area (Å²) in [5.41, 5.74) is 8.82. The summed E-state index contributed by atoms with van der Waals surface area (Å²) in [6, 6.07) is 12.4. The van der Waals surface area contributed by atoms with Gasteiger partial charge >= 0.3 is 0 Å². The number of nitrogens with one attached hydrogen (secondary N) is 1. The van der Waals surface area contributed by atoms with Crippen LogP contribution in [-0.2, 0) is 0 Å². The standard InChI is InChI=1S/C17H20FN3/c1-11-10-13(8-9-14(11)17(19)20)21(3)12(2)15-6-4-5-7-16(15)18/h4-10,12H,1-3H3,(H3,19,20). The van der Waals surface area contributed by atoms with Crippen LogP contribution in [0.4, 0.5) is 10.1 Å². The Morgan fingerprint density at radius 1 is 1.24 bits per heavy atom. The molecule has 0 aromatic heterocycles. The minimum absolute atomic E-state index is 0.0591. The van der Waals surface area contributed by atoms with Crippen LogP contribution < -0.4 is 10.6 Å². The molecule has 21 heavy (non-hydrogen) atoms. The molecule has 0 saturated heterocycles. The highest BCUT2D eigenvalue weighted by atomic mass is 19.1. The van der Waals surface area contributed by atoms with Gasteiger partial charge in [-0.3, -0.25) is 5.41 Å². The topological polar surface area (TPSA) is 53.1 Å². The number of nitrogen functional groups attached to an aromatic ring is 1. The molecule has 0 radical (unpaired) electrons. The highest BCUT2D eigenvalue weighted by Gasteiger charge is 2.16. The van der Waals surface area contributed by atoms with E-state index < -0.39 is 0 Å². The van der Waals surface area contributed by atoms with E-state index in [2.05, 4.69) is 0 Å². The maximum Gasteiger partial charge on any atom is 0.128 e. The first-order valence-corrected chi connectivity index (χ1v) is 6.84. The maximum atomic E-state index is 13.9. The van der Waals surface area contributed by atoms with Gasteiger partial charge in [0.1, 0.15) is 11.7 Å². The average Bonchev–Trinajstić information content (AvgIpc) is 2.45. The van der Waals surface area contributed by atoms with Gasteiger partial charge in [0.05, 0.1) is 6.04 Å². The molecule has 2 aromatic carbocycles. The van der Waals surface area contributed by atoms with E-state index >= 15 is 0 Å². The van der Waals surface area contributed by atoms with Crippen LogP contribution >= 0.6 is 0 Å². The van der Waals surface area contributed by atoms with E-state index in [9.17, 15) is 4.39 Å². The van der Waals surface area contributed by atoms with Gasteiger partial charge in [0.15, 0.2) is 0 Å². The summed E-state index contributed by atoms with van der Waals surface area (Å²) in [6.45, 7) is 3.88.